The van der Waals surface area contributed by atoms with Crippen molar-refractivity contribution >= 4 is 28.5 Å². The number of carbonyl (C=O) groups excluding carboxylic acids is 1. The van der Waals surface area contributed by atoms with Gasteiger partial charge in [-0.05, 0) is 56.7 Å². The largest absolute Gasteiger partial charge is 0.383 e. The molecule has 1 aliphatic carbocycles. The summed E-state index contributed by atoms with van der Waals surface area (Å²) in [5, 5.41) is 4.91. The van der Waals surface area contributed by atoms with Gasteiger partial charge in [0.05, 0.1) is 11.1 Å². The number of anilines is 1. The number of aromatic nitrogens is 1. The van der Waals surface area contributed by atoms with Crippen molar-refractivity contribution in [3.05, 3.63) is 35.4 Å². The average Bonchev–Trinajstić information content (AvgIpc) is 3.11. The van der Waals surface area contributed by atoms with Crippen molar-refractivity contribution in [3.63, 3.8) is 0 Å². The predicted octanol–water partition coefficient (Wildman–Crippen LogP) is 3.54. The smallest absolute Gasteiger partial charge is 0.244 e. The lowest BCUT2D eigenvalue weighted by Crippen LogP contribution is -2.47. The number of nitrogens with one attached hydrogen (secondary N) is 1. The van der Waals surface area contributed by atoms with E-state index in [2.05, 4.69) is 41.2 Å². The third kappa shape index (κ3) is 4.48. The fourth-order valence-electron chi connectivity index (χ4n) is 4.90. The number of nitrogens with two attached hydrogens (primary N) is 1. The van der Waals surface area contributed by atoms with E-state index >= 15 is 0 Å². The van der Waals surface area contributed by atoms with Crippen LogP contribution in [0.5, 0.6) is 0 Å². The molecule has 6 heteroatoms. The van der Waals surface area contributed by atoms with Crippen molar-refractivity contribution < 1.29 is 4.79 Å². The Kier molecular flexibility index (Phi) is 6.04. The maximum Gasteiger partial charge on any atom is 0.244 e. The molecule has 1 saturated heterocycles. The van der Waals surface area contributed by atoms with E-state index < -0.39 is 0 Å². The Bertz CT molecular complexity index is 961. The van der Waals surface area contributed by atoms with Crippen LogP contribution in [0.3, 0.4) is 0 Å². The zero-order chi connectivity index (χ0) is 21.3. The number of benzene rings is 1. The highest BCUT2D eigenvalue weighted by Crippen LogP contribution is 2.29. The van der Waals surface area contributed by atoms with Gasteiger partial charge in [-0.15, -0.1) is 0 Å². The maximum absolute atomic E-state index is 11.6. The molecule has 6 nitrogen and oxygen atoms in total. The second-order valence-electron chi connectivity index (χ2n) is 9.01. The van der Waals surface area contributed by atoms with E-state index in [9.17, 15) is 4.79 Å². The third-order valence-corrected chi connectivity index (χ3v) is 6.61. The van der Waals surface area contributed by atoms with Gasteiger partial charge in [-0.2, -0.15) is 4.99 Å². The van der Waals surface area contributed by atoms with Crippen molar-refractivity contribution in [2.24, 2.45) is 16.6 Å². The standard InChI is InChI=1S/C24H33N5O/c1-15-7-8-22-18(13-15)14-20(23(25)26-17(3)30)24(28-22)29-11-9-19(10-12-29)27-21-6-4-5-16(21)2/h7-8,13-14,16,19,21,27H,4-6,9-12H2,1-3H3,(H2,25,26,30). The molecule has 0 bridgehead atoms. The fourth-order valence-corrected chi connectivity index (χ4v) is 4.90. The van der Waals surface area contributed by atoms with Gasteiger partial charge in [0.25, 0.3) is 0 Å². The minimum Gasteiger partial charge on any atom is -0.383 e. The van der Waals surface area contributed by atoms with Crippen molar-refractivity contribution in [1.29, 1.82) is 0 Å². The highest BCUT2D eigenvalue weighted by Gasteiger charge is 2.29. The van der Waals surface area contributed by atoms with Gasteiger partial charge in [0.1, 0.15) is 11.7 Å². The summed E-state index contributed by atoms with van der Waals surface area (Å²) >= 11 is 0. The Morgan fingerprint density at radius 2 is 1.97 bits per heavy atom. The molecular formula is C24H33N5O. The van der Waals surface area contributed by atoms with E-state index in [0.29, 0.717) is 12.1 Å². The van der Waals surface area contributed by atoms with Crippen LogP contribution in [0, 0.1) is 12.8 Å². The van der Waals surface area contributed by atoms with Gasteiger partial charge >= 0.3 is 0 Å². The minimum absolute atomic E-state index is 0.244. The molecule has 0 spiro atoms. The number of amides is 1. The van der Waals surface area contributed by atoms with Crippen LogP contribution in [0.15, 0.2) is 29.3 Å². The van der Waals surface area contributed by atoms with Crippen LogP contribution in [-0.2, 0) is 4.79 Å². The summed E-state index contributed by atoms with van der Waals surface area (Å²) in [5.41, 5.74) is 9.09. The maximum atomic E-state index is 11.6. The predicted molar refractivity (Wildman–Crippen MR) is 123 cm³/mol. The molecule has 2 aliphatic rings. The van der Waals surface area contributed by atoms with E-state index in [1.165, 1.54) is 26.2 Å². The first kappa shape index (κ1) is 20.8. The summed E-state index contributed by atoms with van der Waals surface area (Å²) in [6.07, 6.45) is 6.15. The van der Waals surface area contributed by atoms with Gasteiger partial charge in [0.15, 0.2) is 0 Å². The molecule has 160 valence electrons. The Hall–Kier alpha value is -2.47. The Morgan fingerprint density at radius 1 is 1.20 bits per heavy atom. The van der Waals surface area contributed by atoms with Gasteiger partial charge < -0.3 is 16.0 Å². The molecule has 0 radical (unpaired) electrons. The number of hydrogen-bond donors (Lipinski definition) is 2. The normalized spacial score (nSPS) is 23.3. The number of aryl methyl sites for hydroxylation is 1. The first-order valence-electron chi connectivity index (χ1n) is 11.2. The third-order valence-electron chi connectivity index (χ3n) is 6.61. The molecule has 2 heterocycles. The quantitative estimate of drug-likeness (QED) is 0.598. The topological polar surface area (TPSA) is 83.6 Å². The van der Waals surface area contributed by atoms with Gasteiger partial charge in [-0.3, -0.25) is 4.79 Å². The molecule has 2 unspecified atom stereocenters. The van der Waals surface area contributed by atoms with Crippen LogP contribution in [0.4, 0.5) is 5.82 Å². The molecule has 2 aromatic rings. The molecule has 1 aromatic heterocycles. The van der Waals surface area contributed by atoms with Gasteiger partial charge in [-0.25, -0.2) is 4.98 Å². The lowest BCUT2D eigenvalue weighted by molar-refractivity contribution is -0.115. The van der Waals surface area contributed by atoms with Crippen LogP contribution < -0.4 is 16.0 Å². The van der Waals surface area contributed by atoms with Crippen molar-refractivity contribution in [2.45, 2.75) is 65.0 Å². The van der Waals surface area contributed by atoms with Crippen molar-refractivity contribution in [3.8, 4) is 0 Å². The van der Waals surface area contributed by atoms with Crippen LogP contribution in [0.25, 0.3) is 10.9 Å². The number of piperidine rings is 1. The molecule has 1 amide bonds. The minimum atomic E-state index is -0.295. The summed E-state index contributed by atoms with van der Waals surface area (Å²) in [6.45, 7) is 7.69. The second-order valence-corrected chi connectivity index (χ2v) is 9.01. The van der Waals surface area contributed by atoms with Crippen molar-refractivity contribution in [2.75, 3.05) is 18.0 Å². The molecule has 1 aliphatic heterocycles. The number of fused-ring (bicyclic) bond motifs is 1. The molecule has 1 saturated carbocycles. The number of rotatable bonds is 4. The SMILES string of the molecule is CC(=O)N=C(N)c1cc2cc(C)ccc2nc1N1CCC(NC2CCCC2C)CC1. The second kappa shape index (κ2) is 8.72. The van der Waals surface area contributed by atoms with Gasteiger partial charge in [-0.1, -0.05) is 25.0 Å². The Balaban J connectivity index is 1.58. The van der Waals surface area contributed by atoms with Crippen LogP contribution in [0.2, 0.25) is 0 Å². The number of hydrogen-bond acceptors (Lipinski definition) is 4. The zero-order valence-electron chi connectivity index (χ0n) is 18.3. The number of amidine groups is 1. The first-order chi connectivity index (χ1) is 14.4. The number of aliphatic imine (C=N–C) groups is 1. The molecular weight excluding hydrogens is 374 g/mol. The zero-order valence-corrected chi connectivity index (χ0v) is 18.3. The van der Waals surface area contributed by atoms with Crippen LogP contribution in [0.1, 0.15) is 57.1 Å². The molecule has 2 fully saturated rings. The Labute approximate surface area is 179 Å². The summed E-state index contributed by atoms with van der Waals surface area (Å²) < 4.78 is 0. The molecule has 30 heavy (non-hydrogen) atoms. The van der Waals surface area contributed by atoms with Crippen LogP contribution in [-0.4, -0.2) is 41.9 Å². The summed E-state index contributed by atoms with van der Waals surface area (Å²) in [4.78, 5) is 22.8. The van der Waals surface area contributed by atoms with E-state index in [1.54, 1.807) is 0 Å². The van der Waals surface area contributed by atoms with E-state index in [4.69, 9.17) is 10.7 Å². The van der Waals surface area contributed by atoms with Gasteiger partial charge in [0.2, 0.25) is 5.91 Å². The van der Waals surface area contributed by atoms with E-state index in [-0.39, 0.29) is 11.7 Å². The fraction of sp³-hybridized carbons (Fsp3) is 0.542. The first-order valence-corrected chi connectivity index (χ1v) is 11.2. The highest BCUT2D eigenvalue weighted by atomic mass is 16.1. The summed E-state index contributed by atoms with van der Waals surface area (Å²) in [5.74, 6) is 1.56. The van der Waals surface area contributed by atoms with Crippen LogP contribution >= 0.6 is 0 Å². The van der Waals surface area contributed by atoms with Gasteiger partial charge in [0, 0.05) is 37.5 Å². The average molecular weight is 408 g/mol. The molecule has 1 aromatic carbocycles. The lowest BCUT2D eigenvalue weighted by Gasteiger charge is -2.36. The Morgan fingerprint density at radius 3 is 2.63 bits per heavy atom. The number of pyridine rings is 1. The lowest BCUT2D eigenvalue weighted by atomic mass is 9.99. The summed E-state index contributed by atoms with van der Waals surface area (Å²) in [7, 11) is 0. The van der Waals surface area contributed by atoms with E-state index in [1.807, 2.05) is 12.1 Å². The number of nitrogens with zero attached hydrogens (tertiary/aromatic N) is 3. The van der Waals surface area contributed by atoms with E-state index in [0.717, 1.165) is 59.7 Å². The van der Waals surface area contributed by atoms with Crippen molar-refractivity contribution in [1.82, 2.24) is 10.3 Å². The molecule has 4 rings (SSSR count). The monoisotopic (exact) mass is 407 g/mol. The highest BCUT2D eigenvalue weighted by molar-refractivity contribution is 6.08. The molecule has 2 atom stereocenters. The number of carbonyl (C=O) groups is 1. The summed E-state index contributed by atoms with van der Waals surface area (Å²) in [6, 6.07) is 9.46. The molecule has 3 N–H and O–H groups in total.